The number of hydrogen-bond donors (Lipinski definition) is 4. The normalized spacial score (nSPS) is 10.6. The van der Waals surface area contributed by atoms with Crippen molar-refractivity contribution in [1.29, 1.82) is 5.41 Å². The molecule has 2 heterocycles. The number of carbonyl (C=O) groups is 2. The second-order valence-corrected chi connectivity index (χ2v) is 9.84. The van der Waals surface area contributed by atoms with Gasteiger partial charge < -0.3 is 26.0 Å². The molecule has 228 valence electrons. The zero-order chi connectivity index (χ0) is 31.9. The number of nitrogens with two attached hydrogens (primary N) is 1. The molecular formula is C31H29FN10O3. The molecule has 13 nitrogen and oxygen atoms in total. The average molecular weight is 609 g/mol. The number of methoxy groups -OCH3 is 1. The monoisotopic (exact) mass is 608 g/mol. The smallest absolute Gasteiger partial charge is 0.346 e. The van der Waals surface area contributed by atoms with Gasteiger partial charge in [0.15, 0.2) is 0 Å². The highest BCUT2D eigenvalue weighted by molar-refractivity contribution is 6.16. The predicted molar refractivity (Wildman–Crippen MR) is 165 cm³/mol. The van der Waals surface area contributed by atoms with Gasteiger partial charge in [0.1, 0.15) is 42.2 Å². The van der Waals surface area contributed by atoms with Gasteiger partial charge in [0, 0.05) is 31.4 Å². The van der Waals surface area contributed by atoms with Gasteiger partial charge in [0.2, 0.25) is 0 Å². The molecule has 5 aromatic rings. The molecule has 0 saturated heterocycles. The Balaban J connectivity index is 1.31. The maximum absolute atomic E-state index is 13.7. The molecule has 0 saturated carbocycles. The van der Waals surface area contributed by atoms with Crippen LogP contribution in [-0.2, 0) is 13.1 Å². The van der Waals surface area contributed by atoms with E-state index in [4.69, 9.17) is 15.9 Å². The SMILES string of the molecule is COc1ccc(F)cc1C(=O)NCc1ccc(C(=N)c2c(N)ncnc2Nc2ccccc2CN(C)C(=O)n2cncn2)cc1. The molecule has 0 aliphatic carbocycles. The summed E-state index contributed by atoms with van der Waals surface area (Å²) in [6, 6.07) is 17.7. The molecule has 0 bridgehead atoms. The summed E-state index contributed by atoms with van der Waals surface area (Å²) in [5, 5.41) is 18.9. The molecule has 45 heavy (non-hydrogen) atoms. The number of carbonyl (C=O) groups excluding carboxylic acids is 2. The van der Waals surface area contributed by atoms with Crippen LogP contribution in [0.2, 0.25) is 0 Å². The molecule has 0 aliphatic rings. The van der Waals surface area contributed by atoms with E-state index in [0.29, 0.717) is 22.6 Å². The van der Waals surface area contributed by atoms with E-state index in [9.17, 15) is 14.0 Å². The lowest BCUT2D eigenvalue weighted by molar-refractivity contribution is 0.0947. The first-order valence-corrected chi connectivity index (χ1v) is 13.6. The lowest BCUT2D eigenvalue weighted by atomic mass is 10.0. The Labute approximate surface area is 257 Å². The van der Waals surface area contributed by atoms with Crippen molar-refractivity contribution in [3.05, 3.63) is 119 Å². The number of anilines is 3. The Kier molecular flexibility index (Phi) is 9.03. The first kappa shape index (κ1) is 30.3. The van der Waals surface area contributed by atoms with Crippen molar-refractivity contribution in [3.63, 3.8) is 0 Å². The zero-order valence-electron chi connectivity index (χ0n) is 24.4. The Hall–Kier alpha value is -6.18. The molecule has 0 unspecified atom stereocenters. The van der Waals surface area contributed by atoms with E-state index in [1.54, 1.807) is 31.3 Å². The van der Waals surface area contributed by atoms with Crippen LogP contribution in [0.25, 0.3) is 0 Å². The van der Waals surface area contributed by atoms with E-state index in [0.717, 1.165) is 21.9 Å². The average Bonchev–Trinajstić information content (AvgIpc) is 3.59. The van der Waals surface area contributed by atoms with Crippen molar-refractivity contribution in [2.24, 2.45) is 0 Å². The maximum atomic E-state index is 13.7. The van der Waals surface area contributed by atoms with Crippen LogP contribution >= 0.6 is 0 Å². The number of aromatic nitrogens is 5. The van der Waals surface area contributed by atoms with Crippen molar-refractivity contribution in [3.8, 4) is 5.75 Å². The lowest BCUT2D eigenvalue weighted by Crippen LogP contribution is -2.31. The van der Waals surface area contributed by atoms with Crippen LogP contribution in [-0.4, -0.2) is 61.4 Å². The quantitative estimate of drug-likeness (QED) is 0.171. The Morgan fingerprint density at radius 3 is 2.58 bits per heavy atom. The van der Waals surface area contributed by atoms with Gasteiger partial charge in [-0.1, -0.05) is 42.5 Å². The number of nitrogens with zero attached hydrogens (tertiary/aromatic N) is 6. The first-order chi connectivity index (χ1) is 21.7. The van der Waals surface area contributed by atoms with Crippen LogP contribution in [0.1, 0.15) is 32.6 Å². The Morgan fingerprint density at radius 2 is 1.84 bits per heavy atom. The van der Waals surface area contributed by atoms with Gasteiger partial charge in [0.05, 0.1) is 23.9 Å². The van der Waals surface area contributed by atoms with Crippen LogP contribution in [0.3, 0.4) is 0 Å². The van der Waals surface area contributed by atoms with Crippen LogP contribution in [0.15, 0.2) is 85.7 Å². The van der Waals surface area contributed by atoms with E-state index in [1.165, 1.54) is 43.1 Å². The van der Waals surface area contributed by atoms with Gasteiger partial charge in [-0.05, 0) is 35.4 Å². The molecule has 2 amide bonds. The van der Waals surface area contributed by atoms with Gasteiger partial charge in [-0.2, -0.15) is 9.78 Å². The fourth-order valence-electron chi connectivity index (χ4n) is 4.52. The number of para-hydroxylation sites is 1. The van der Waals surface area contributed by atoms with E-state index in [1.807, 2.05) is 24.3 Å². The maximum Gasteiger partial charge on any atom is 0.346 e. The van der Waals surface area contributed by atoms with Gasteiger partial charge in [-0.25, -0.2) is 24.1 Å². The van der Waals surface area contributed by atoms with Crippen molar-refractivity contribution in [1.82, 2.24) is 34.9 Å². The van der Waals surface area contributed by atoms with Crippen molar-refractivity contribution >= 4 is 35.0 Å². The summed E-state index contributed by atoms with van der Waals surface area (Å²) < 4.78 is 20.0. The summed E-state index contributed by atoms with van der Waals surface area (Å²) in [6.07, 6.45) is 3.92. The zero-order valence-corrected chi connectivity index (χ0v) is 24.4. The van der Waals surface area contributed by atoms with Gasteiger partial charge >= 0.3 is 6.03 Å². The molecule has 0 spiro atoms. The second-order valence-electron chi connectivity index (χ2n) is 9.84. The highest BCUT2D eigenvalue weighted by Crippen LogP contribution is 2.27. The van der Waals surface area contributed by atoms with Crippen LogP contribution < -0.4 is 21.1 Å². The molecule has 0 atom stereocenters. The minimum Gasteiger partial charge on any atom is -0.496 e. The van der Waals surface area contributed by atoms with Crippen molar-refractivity contribution < 1.29 is 18.7 Å². The second kappa shape index (κ2) is 13.4. The minimum absolute atomic E-state index is 0.0756. The van der Waals surface area contributed by atoms with Crippen molar-refractivity contribution in [2.45, 2.75) is 13.1 Å². The summed E-state index contributed by atoms with van der Waals surface area (Å²) in [7, 11) is 3.06. The lowest BCUT2D eigenvalue weighted by Gasteiger charge is -2.20. The first-order valence-electron chi connectivity index (χ1n) is 13.6. The molecule has 0 aliphatic heterocycles. The number of amides is 2. The van der Waals surface area contributed by atoms with Crippen LogP contribution in [0.5, 0.6) is 5.75 Å². The van der Waals surface area contributed by atoms with E-state index in [-0.39, 0.29) is 42.0 Å². The fraction of sp³-hybridized carbons (Fsp3) is 0.129. The number of hydrogen-bond acceptors (Lipinski definition) is 10. The highest BCUT2D eigenvalue weighted by atomic mass is 19.1. The van der Waals surface area contributed by atoms with E-state index in [2.05, 4.69) is 30.7 Å². The molecule has 0 fully saturated rings. The molecular weight excluding hydrogens is 579 g/mol. The third-order valence-electron chi connectivity index (χ3n) is 6.85. The van der Waals surface area contributed by atoms with E-state index >= 15 is 0 Å². The molecule has 0 radical (unpaired) electrons. The molecule has 3 aromatic carbocycles. The van der Waals surface area contributed by atoms with Gasteiger partial charge in [-0.15, -0.1) is 0 Å². The summed E-state index contributed by atoms with van der Waals surface area (Å²) >= 11 is 0. The number of nitrogens with one attached hydrogen (secondary N) is 3. The Morgan fingerprint density at radius 1 is 1.07 bits per heavy atom. The Bertz CT molecular complexity index is 1850. The van der Waals surface area contributed by atoms with Gasteiger partial charge in [-0.3, -0.25) is 10.2 Å². The standard InChI is InChI=1S/C31H29FN10O3/c1-41(31(44)42-18-35-16-39-42)15-21-5-3-4-6-24(21)40-29-26(28(34)37-17-38-29)27(33)20-9-7-19(8-10-20)14-36-30(43)23-13-22(32)11-12-25(23)45-2/h3-13,16-18,33H,14-15H2,1-2H3,(H,36,43)(H3,34,37,38,40). The largest absolute Gasteiger partial charge is 0.496 e. The predicted octanol–water partition coefficient (Wildman–Crippen LogP) is 3.99. The summed E-state index contributed by atoms with van der Waals surface area (Å²) in [5.74, 6) is -0.350. The summed E-state index contributed by atoms with van der Waals surface area (Å²) in [5.41, 5.74) is 9.42. The molecule has 14 heteroatoms. The van der Waals surface area contributed by atoms with Crippen LogP contribution in [0.4, 0.5) is 26.5 Å². The summed E-state index contributed by atoms with van der Waals surface area (Å²) in [4.78, 5) is 39.1. The third kappa shape index (κ3) is 6.91. The fourth-order valence-corrected chi connectivity index (χ4v) is 4.52. The number of nitrogen functional groups attached to an aromatic ring is 1. The van der Waals surface area contributed by atoms with Crippen LogP contribution in [0, 0.1) is 11.2 Å². The minimum atomic E-state index is -0.545. The number of halogens is 1. The number of ether oxygens (including phenoxy) is 1. The highest BCUT2D eigenvalue weighted by Gasteiger charge is 2.19. The van der Waals surface area contributed by atoms with Gasteiger partial charge in [0.25, 0.3) is 5.91 Å². The van der Waals surface area contributed by atoms with E-state index < -0.39 is 11.7 Å². The number of benzene rings is 3. The molecule has 5 N–H and O–H groups in total. The number of rotatable bonds is 10. The van der Waals surface area contributed by atoms with Crippen molar-refractivity contribution in [2.75, 3.05) is 25.2 Å². The molecule has 5 rings (SSSR count). The third-order valence-corrected chi connectivity index (χ3v) is 6.85. The topological polar surface area (TPSA) is 177 Å². The molecule has 2 aromatic heterocycles. The summed E-state index contributed by atoms with van der Waals surface area (Å²) in [6.45, 7) is 0.416.